The highest BCUT2D eigenvalue weighted by Crippen LogP contribution is 2.31. The molecule has 0 radical (unpaired) electrons. The number of rotatable bonds is 8. The van der Waals surface area contributed by atoms with Crippen molar-refractivity contribution in [3.8, 4) is 11.5 Å². The topological polar surface area (TPSA) is 117 Å². The quantitative estimate of drug-likeness (QED) is 0.542. The van der Waals surface area contributed by atoms with Crippen LogP contribution < -0.4 is 20.5 Å². The van der Waals surface area contributed by atoms with E-state index in [1.165, 1.54) is 25.3 Å². The number of ether oxygens (including phenoxy) is 2. The number of nitrogens with one attached hydrogen (secondary N) is 1. The minimum atomic E-state index is -0.730. The molecule has 0 aliphatic rings. The van der Waals surface area contributed by atoms with E-state index in [1.54, 1.807) is 0 Å². The molecule has 0 saturated heterocycles. The van der Waals surface area contributed by atoms with Crippen LogP contribution in [-0.2, 0) is 4.79 Å². The summed E-state index contributed by atoms with van der Waals surface area (Å²) in [6.07, 6.45) is 0. The van der Waals surface area contributed by atoms with Crippen molar-refractivity contribution < 1.29 is 19.2 Å². The van der Waals surface area contributed by atoms with Gasteiger partial charge in [0.2, 0.25) is 5.91 Å². The zero-order chi connectivity index (χ0) is 16.0. The molecule has 0 aliphatic heterocycles. The summed E-state index contributed by atoms with van der Waals surface area (Å²) in [6.45, 7) is 3.61. The molecule has 0 aliphatic carbocycles. The summed E-state index contributed by atoms with van der Waals surface area (Å²) >= 11 is 0. The molecule has 1 rings (SSSR count). The second kappa shape index (κ2) is 7.44. The molecule has 1 aromatic rings. The summed E-state index contributed by atoms with van der Waals surface area (Å²) in [5.74, 6) is -0.182. The number of hydrogen-bond donors (Lipinski definition) is 2. The number of nitro benzene ring substituents is 1. The van der Waals surface area contributed by atoms with Crippen molar-refractivity contribution in [2.75, 3.05) is 13.7 Å². The zero-order valence-corrected chi connectivity index (χ0v) is 12.2. The van der Waals surface area contributed by atoms with Crippen LogP contribution in [0.3, 0.4) is 0 Å². The highest BCUT2D eigenvalue weighted by Gasteiger charge is 2.21. The van der Waals surface area contributed by atoms with Crippen LogP contribution in [0.25, 0.3) is 0 Å². The van der Waals surface area contributed by atoms with Gasteiger partial charge in [-0.15, -0.1) is 0 Å². The molecule has 0 heterocycles. The van der Waals surface area contributed by atoms with Gasteiger partial charge < -0.3 is 20.5 Å². The van der Waals surface area contributed by atoms with Crippen molar-refractivity contribution in [3.05, 3.63) is 28.3 Å². The maximum Gasteiger partial charge on any atom is 0.314 e. The van der Waals surface area contributed by atoms with Crippen molar-refractivity contribution >= 4 is 11.6 Å². The number of hydrogen-bond acceptors (Lipinski definition) is 6. The third-order valence-electron chi connectivity index (χ3n) is 2.65. The first kappa shape index (κ1) is 16.7. The predicted molar refractivity (Wildman–Crippen MR) is 76.4 cm³/mol. The van der Waals surface area contributed by atoms with Gasteiger partial charge in [-0.25, -0.2) is 0 Å². The molecule has 0 bridgehead atoms. The van der Waals surface area contributed by atoms with Crippen LogP contribution in [0.2, 0.25) is 0 Å². The van der Waals surface area contributed by atoms with Crippen molar-refractivity contribution in [2.45, 2.75) is 25.9 Å². The highest BCUT2D eigenvalue weighted by molar-refractivity contribution is 5.80. The minimum absolute atomic E-state index is 0.0250. The van der Waals surface area contributed by atoms with Crippen LogP contribution in [0.1, 0.15) is 13.8 Å². The maximum atomic E-state index is 11.3. The van der Waals surface area contributed by atoms with Gasteiger partial charge in [0.15, 0.2) is 5.75 Å². The van der Waals surface area contributed by atoms with Gasteiger partial charge in [0, 0.05) is 6.04 Å². The molecule has 116 valence electrons. The minimum Gasteiger partial charge on any atom is -0.496 e. The van der Waals surface area contributed by atoms with Gasteiger partial charge in [-0.05, 0) is 12.1 Å². The van der Waals surface area contributed by atoms with Gasteiger partial charge in [0.1, 0.15) is 18.4 Å². The Morgan fingerprint density at radius 3 is 2.62 bits per heavy atom. The Labute approximate surface area is 122 Å². The van der Waals surface area contributed by atoms with Crippen molar-refractivity contribution in [1.82, 2.24) is 5.32 Å². The molecule has 1 unspecified atom stereocenters. The first-order valence-corrected chi connectivity index (χ1v) is 6.35. The third kappa shape index (κ3) is 4.92. The molecule has 0 spiro atoms. The van der Waals surface area contributed by atoms with E-state index in [1.807, 2.05) is 13.8 Å². The highest BCUT2D eigenvalue weighted by atomic mass is 16.6. The average molecular weight is 297 g/mol. The van der Waals surface area contributed by atoms with Crippen LogP contribution in [0.5, 0.6) is 11.5 Å². The Hall–Kier alpha value is -2.35. The Bertz CT molecular complexity index is 519. The van der Waals surface area contributed by atoms with Gasteiger partial charge in [-0.1, -0.05) is 13.8 Å². The second-order valence-corrected chi connectivity index (χ2v) is 4.68. The molecule has 1 aromatic carbocycles. The average Bonchev–Trinajstić information content (AvgIpc) is 2.42. The first-order chi connectivity index (χ1) is 9.85. The molecule has 0 saturated carbocycles. The van der Waals surface area contributed by atoms with Crippen LogP contribution in [0.15, 0.2) is 18.2 Å². The Balaban J connectivity index is 2.86. The number of carbonyl (C=O) groups is 1. The number of nitrogens with zero attached hydrogens (tertiary/aromatic N) is 1. The number of primary amides is 1. The third-order valence-corrected chi connectivity index (χ3v) is 2.65. The molecule has 1 amide bonds. The molecule has 3 N–H and O–H groups in total. The van der Waals surface area contributed by atoms with E-state index in [2.05, 4.69) is 5.32 Å². The van der Waals surface area contributed by atoms with Gasteiger partial charge in [0.25, 0.3) is 0 Å². The summed E-state index contributed by atoms with van der Waals surface area (Å²) in [6, 6.07) is 3.51. The molecule has 0 aromatic heterocycles. The van der Waals surface area contributed by atoms with Crippen LogP contribution in [-0.4, -0.2) is 36.6 Å². The van der Waals surface area contributed by atoms with Crippen molar-refractivity contribution in [2.24, 2.45) is 5.73 Å². The summed E-state index contributed by atoms with van der Waals surface area (Å²) in [5, 5.41) is 13.9. The lowest BCUT2D eigenvalue weighted by Gasteiger charge is -2.18. The summed E-state index contributed by atoms with van der Waals surface area (Å²) < 4.78 is 10.3. The molecule has 21 heavy (non-hydrogen) atoms. The van der Waals surface area contributed by atoms with Gasteiger partial charge in [-0.3, -0.25) is 14.9 Å². The van der Waals surface area contributed by atoms with Gasteiger partial charge >= 0.3 is 5.69 Å². The Morgan fingerprint density at radius 1 is 1.48 bits per heavy atom. The predicted octanol–water partition coefficient (Wildman–Crippen LogP) is 0.834. The lowest BCUT2D eigenvalue weighted by Crippen LogP contribution is -2.48. The summed E-state index contributed by atoms with van der Waals surface area (Å²) in [5.41, 5.74) is 5.02. The fraction of sp³-hybridized carbons (Fsp3) is 0.462. The molecule has 8 heteroatoms. The number of amides is 1. The van der Waals surface area contributed by atoms with Crippen LogP contribution in [0.4, 0.5) is 5.69 Å². The van der Waals surface area contributed by atoms with E-state index in [9.17, 15) is 14.9 Å². The standard InChI is InChI=1S/C13H19N3O5/c1-8(2)15-10(13(14)17)7-21-12-5-4-9(20-3)6-11(12)16(18)19/h4-6,8,10,15H,7H2,1-3H3,(H2,14,17). The Kier molecular flexibility index (Phi) is 5.92. The fourth-order valence-electron chi connectivity index (χ4n) is 1.68. The molecular weight excluding hydrogens is 278 g/mol. The summed E-state index contributed by atoms with van der Waals surface area (Å²) in [4.78, 5) is 21.7. The van der Waals surface area contributed by atoms with Gasteiger partial charge in [-0.2, -0.15) is 0 Å². The normalized spacial score (nSPS) is 12.0. The van der Waals surface area contributed by atoms with Crippen molar-refractivity contribution in [1.29, 1.82) is 0 Å². The number of nitrogens with two attached hydrogens (primary N) is 1. The number of methoxy groups -OCH3 is 1. The number of carbonyl (C=O) groups excluding carboxylic acids is 1. The molecule has 0 fully saturated rings. The first-order valence-electron chi connectivity index (χ1n) is 6.35. The SMILES string of the molecule is COc1ccc(OCC(NC(C)C)C(N)=O)c([N+](=O)[O-])c1. The second-order valence-electron chi connectivity index (χ2n) is 4.68. The van der Waals surface area contributed by atoms with Crippen molar-refractivity contribution in [3.63, 3.8) is 0 Å². The van der Waals surface area contributed by atoms with Crippen LogP contribution >= 0.6 is 0 Å². The fourth-order valence-corrected chi connectivity index (χ4v) is 1.68. The monoisotopic (exact) mass is 297 g/mol. The van der Waals surface area contributed by atoms with E-state index in [0.29, 0.717) is 5.75 Å². The van der Waals surface area contributed by atoms with E-state index in [-0.39, 0.29) is 24.1 Å². The van der Waals surface area contributed by atoms with E-state index < -0.39 is 16.9 Å². The van der Waals surface area contributed by atoms with Gasteiger partial charge in [0.05, 0.1) is 18.1 Å². The van der Waals surface area contributed by atoms with E-state index in [0.717, 1.165) is 0 Å². The van der Waals surface area contributed by atoms with E-state index in [4.69, 9.17) is 15.2 Å². The smallest absolute Gasteiger partial charge is 0.314 e. The maximum absolute atomic E-state index is 11.3. The lowest BCUT2D eigenvalue weighted by molar-refractivity contribution is -0.386. The number of nitro groups is 1. The molecule has 8 nitrogen and oxygen atoms in total. The zero-order valence-electron chi connectivity index (χ0n) is 12.2. The van der Waals surface area contributed by atoms with E-state index >= 15 is 0 Å². The Morgan fingerprint density at radius 2 is 2.14 bits per heavy atom. The number of benzene rings is 1. The molecule has 1 atom stereocenters. The lowest BCUT2D eigenvalue weighted by atomic mass is 10.2. The largest absolute Gasteiger partial charge is 0.496 e. The van der Waals surface area contributed by atoms with Crippen LogP contribution in [0, 0.1) is 10.1 Å². The molecular formula is C13H19N3O5. The summed E-state index contributed by atoms with van der Waals surface area (Å²) in [7, 11) is 1.41.